The summed E-state index contributed by atoms with van der Waals surface area (Å²) >= 11 is 0. The number of nitrogens with one attached hydrogen (secondary N) is 1. The first-order chi connectivity index (χ1) is 6.27. The molecule has 0 aliphatic carbocycles. The van der Waals surface area contributed by atoms with Crippen LogP contribution in [0.25, 0.3) is 0 Å². The molecule has 2 aliphatic rings. The molecule has 2 saturated heterocycles. The van der Waals surface area contributed by atoms with Crippen LogP contribution in [0.3, 0.4) is 0 Å². The third kappa shape index (κ3) is 1.82. The number of alkyl halides is 1. The molecule has 0 aromatic carbocycles. The Morgan fingerprint density at radius 1 is 1.46 bits per heavy atom. The van der Waals surface area contributed by atoms with Gasteiger partial charge >= 0.3 is 0 Å². The van der Waals surface area contributed by atoms with Crippen LogP contribution in [-0.4, -0.2) is 42.7 Å². The Morgan fingerprint density at radius 3 is 2.85 bits per heavy atom. The van der Waals surface area contributed by atoms with Crippen molar-refractivity contribution in [2.75, 3.05) is 19.6 Å². The number of carbonyl (C=O) groups excluding carboxylic acids is 1. The Bertz CT molecular complexity index is 204. The van der Waals surface area contributed by atoms with Crippen molar-refractivity contribution in [3.63, 3.8) is 0 Å². The highest BCUT2D eigenvalue weighted by molar-refractivity contribution is 5.82. The lowest BCUT2D eigenvalue weighted by Gasteiger charge is -2.19. The predicted molar refractivity (Wildman–Crippen MR) is 47.1 cm³/mol. The zero-order valence-electron chi connectivity index (χ0n) is 7.63. The average Bonchev–Trinajstić information content (AvgIpc) is 2.72. The number of hydrogen-bond acceptors (Lipinski definition) is 2. The van der Waals surface area contributed by atoms with E-state index < -0.39 is 6.17 Å². The first kappa shape index (κ1) is 8.94. The maximum atomic E-state index is 12.8. The minimum Gasteiger partial charge on any atom is -0.338 e. The summed E-state index contributed by atoms with van der Waals surface area (Å²) in [7, 11) is 0. The van der Waals surface area contributed by atoms with Crippen molar-refractivity contribution in [3.05, 3.63) is 0 Å². The van der Waals surface area contributed by atoms with Gasteiger partial charge in [-0.15, -0.1) is 0 Å². The van der Waals surface area contributed by atoms with Crippen LogP contribution in [0.5, 0.6) is 0 Å². The van der Waals surface area contributed by atoms with Gasteiger partial charge in [-0.1, -0.05) is 0 Å². The van der Waals surface area contributed by atoms with Crippen molar-refractivity contribution in [2.24, 2.45) is 0 Å². The van der Waals surface area contributed by atoms with E-state index in [2.05, 4.69) is 5.32 Å². The third-order valence-electron chi connectivity index (χ3n) is 2.80. The van der Waals surface area contributed by atoms with Crippen molar-refractivity contribution in [1.29, 1.82) is 0 Å². The molecule has 0 unspecified atom stereocenters. The number of nitrogens with zero attached hydrogens (tertiary/aromatic N) is 1. The molecule has 0 aromatic heterocycles. The van der Waals surface area contributed by atoms with Crippen LogP contribution >= 0.6 is 0 Å². The molecule has 0 spiro atoms. The molecule has 1 amide bonds. The lowest BCUT2D eigenvalue weighted by molar-refractivity contribution is -0.132. The standard InChI is InChI=1S/C9H15FN2O/c10-7-3-5-12(6-7)9(13)8-2-1-4-11-8/h7-8,11H,1-6H2/t7-,8-/m0/s1. The Labute approximate surface area is 77.3 Å². The third-order valence-corrected chi connectivity index (χ3v) is 2.80. The van der Waals surface area contributed by atoms with Crippen molar-refractivity contribution < 1.29 is 9.18 Å². The van der Waals surface area contributed by atoms with Crippen LogP contribution in [0.15, 0.2) is 0 Å². The van der Waals surface area contributed by atoms with E-state index in [-0.39, 0.29) is 11.9 Å². The molecule has 3 nitrogen and oxygen atoms in total. The van der Waals surface area contributed by atoms with E-state index in [1.165, 1.54) is 0 Å². The van der Waals surface area contributed by atoms with Gasteiger partial charge in [-0.25, -0.2) is 4.39 Å². The Kier molecular flexibility index (Phi) is 2.49. The van der Waals surface area contributed by atoms with Crippen LogP contribution in [0.4, 0.5) is 4.39 Å². The molecule has 0 bridgehead atoms. The lowest BCUT2D eigenvalue weighted by atomic mass is 10.2. The van der Waals surface area contributed by atoms with Gasteiger partial charge in [0.2, 0.25) is 5.91 Å². The van der Waals surface area contributed by atoms with Crippen LogP contribution in [0.1, 0.15) is 19.3 Å². The van der Waals surface area contributed by atoms with E-state index in [1.807, 2.05) is 0 Å². The second kappa shape index (κ2) is 3.62. The summed E-state index contributed by atoms with van der Waals surface area (Å²) in [5, 5.41) is 3.13. The fraction of sp³-hybridized carbons (Fsp3) is 0.889. The Hall–Kier alpha value is -0.640. The highest BCUT2D eigenvalue weighted by atomic mass is 19.1. The summed E-state index contributed by atoms with van der Waals surface area (Å²) in [5.74, 6) is 0.0950. The number of hydrogen-bond donors (Lipinski definition) is 1. The van der Waals surface area contributed by atoms with E-state index in [0.717, 1.165) is 19.4 Å². The number of carbonyl (C=O) groups is 1. The van der Waals surface area contributed by atoms with Crippen molar-refractivity contribution in [2.45, 2.75) is 31.5 Å². The molecule has 0 saturated carbocycles. The van der Waals surface area contributed by atoms with Crippen LogP contribution < -0.4 is 5.32 Å². The lowest BCUT2D eigenvalue weighted by Crippen LogP contribution is -2.42. The van der Waals surface area contributed by atoms with Gasteiger partial charge in [0.1, 0.15) is 6.17 Å². The monoisotopic (exact) mass is 186 g/mol. The summed E-state index contributed by atoms with van der Waals surface area (Å²) < 4.78 is 12.8. The first-order valence-corrected chi connectivity index (χ1v) is 4.93. The van der Waals surface area contributed by atoms with Gasteiger partial charge in [0.15, 0.2) is 0 Å². The van der Waals surface area contributed by atoms with Gasteiger partial charge in [0, 0.05) is 6.54 Å². The molecule has 2 rings (SSSR count). The maximum absolute atomic E-state index is 12.8. The number of rotatable bonds is 1. The molecule has 13 heavy (non-hydrogen) atoms. The molecule has 2 aliphatic heterocycles. The Morgan fingerprint density at radius 2 is 2.31 bits per heavy atom. The van der Waals surface area contributed by atoms with Crippen molar-refractivity contribution in [3.8, 4) is 0 Å². The maximum Gasteiger partial charge on any atom is 0.239 e. The summed E-state index contributed by atoms with van der Waals surface area (Å²) in [4.78, 5) is 13.3. The van der Waals surface area contributed by atoms with Crippen LogP contribution in [0, 0.1) is 0 Å². The zero-order valence-corrected chi connectivity index (χ0v) is 7.63. The fourth-order valence-electron chi connectivity index (χ4n) is 2.03. The molecule has 2 atom stereocenters. The van der Waals surface area contributed by atoms with Crippen LogP contribution in [0.2, 0.25) is 0 Å². The normalized spacial score (nSPS) is 34.1. The van der Waals surface area contributed by atoms with Gasteiger partial charge in [-0.2, -0.15) is 0 Å². The zero-order chi connectivity index (χ0) is 9.26. The fourth-order valence-corrected chi connectivity index (χ4v) is 2.03. The van der Waals surface area contributed by atoms with Crippen molar-refractivity contribution >= 4 is 5.91 Å². The van der Waals surface area contributed by atoms with E-state index in [0.29, 0.717) is 19.5 Å². The van der Waals surface area contributed by atoms with Crippen LogP contribution in [-0.2, 0) is 4.79 Å². The van der Waals surface area contributed by atoms with E-state index in [1.54, 1.807) is 4.90 Å². The second-order valence-corrected chi connectivity index (χ2v) is 3.82. The number of amides is 1. The quantitative estimate of drug-likeness (QED) is 0.639. The Balaban J connectivity index is 1.89. The molecule has 2 fully saturated rings. The summed E-state index contributed by atoms with van der Waals surface area (Å²) in [6, 6.07) is -0.0368. The minimum atomic E-state index is -0.801. The average molecular weight is 186 g/mol. The smallest absolute Gasteiger partial charge is 0.239 e. The molecular formula is C9H15FN2O. The summed E-state index contributed by atoms with van der Waals surface area (Å²) in [6.07, 6.45) is 1.68. The highest BCUT2D eigenvalue weighted by Gasteiger charge is 2.31. The highest BCUT2D eigenvalue weighted by Crippen LogP contribution is 2.16. The first-order valence-electron chi connectivity index (χ1n) is 4.93. The molecule has 1 N–H and O–H groups in total. The number of likely N-dealkylation sites (tertiary alicyclic amines) is 1. The van der Waals surface area contributed by atoms with Gasteiger partial charge in [0.25, 0.3) is 0 Å². The number of halogens is 1. The molecule has 4 heteroatoms. The molecule has 2 heterocycles. The predicted octanol–water partition coefficient (Wildman–Crippen LogP) is 0.309. The second-order valence-electron chi connectivity index (χ2n) is 3.82. The van der Waals surface area contributed by atoms with E-state index in [9.17, 15) is 9.18 Å². The summed E-state index contributed by atoms with van der Waals surface area (Å²) in [5.41, 5.74) is 0. The van der Waals surface area contributed by atoms with Gasteiger partial charge in [-0.05, 0) is 25.8 Å². The van der Waals surface area contributed by atoms with E-state index in [4.69, 9.17) is 0 Å². The molecule has 74 valence electrons. The molecule has 0 aromatic rings. The SMILES string of the molecule is O=C([C@@H]1CCCN1)N1CC[C@H](F)C1. The van der Waals surface area contributed by atoms with Gasteiger partial charge in [0.05, 0.1) is 12.6 Å². The summed E-state index contributed by atoms with van der Waals surface area (Å²) in [6.45, 7) is 1.82. The minimum absolute atomic E-state index is 0.0368. The van der Waals surface area contributed by atoms with Gasteiger partial charge < -0.3 is 10.2 Å². The largest absolute Gasteiger partial charge is 0.338 e. The van der Waals surface area contributed by atoms with Crippen molar-refractivity contribution in [1.82, 2.24) is 10.2 Å². The van der Waals surface area contributed by atoms with Gasteiger partial charge in [-0.3, -0.25) is 4.79 Å². The van der Waals surface area contributed by atoms with E-state index >= 15 is 0 Å². The topological polar surface area (TPSA) is 32.3 Å². The molecule has 0 radical (unpaired) electrons. The molecular weight excluding hydrogens is 171 g/mol.